The number of hydrogen-bond acceptors (Lipinski definition) is 4. The molecule has 0 fully saturated rings. The Morgan fingerprint density at radius 1 is 1.04 bits per heavy atom. The van der Waals surface area contributed by atoms with Crippen molar-refractivity contribution in [3.63, 3.8) is 0 Å². The van der Waals surface area contributed by atoms with Gasteiger partial charge < -0.3 is 14.4 Å². The molecule has 0 bridgehead atoms. The van der Waals surface area contributed by atoms with Crippen LogP contribution in [0.25, 0.3) is 6.08 Å². The van der Waals surface area contributed by atoms with Crippen molar-refractivity contribution in [3.05, 3.63) is 76.5 Å². The van der Waals surface area contributed by atoms with E-state index < -0.39 is 19.3 Å². The third-order valence-corrected chi connectivity index (χ3v) is 5.65. The van der Waals surface area contributed by atoms with Crippen molar-refractivity contribution < 1.29 is 22.8 Å². The number of carbonyl (C=O) groups excluding carboxylic acids is 1. The normalized spacial score (nSPS) is 12.1. The van der Waals surface area contributed by atoms with E-state index >= 15 is 0 Å². The summed E-state index contributed by atoms with van der Waals surface area (Å²) < 4.78 is 37.1. The van der Waals surface area contributed by atoms with E-state index in [-0.39, 0.29) is 18.7 Å². The van der Waals surface area contributed by atoms with Gasteiger partial charge in [-0.25, -0.2) is 4.39 Å². The van der Waals surface area contributed by atoms with E-state index in [4.69, 9.17) is 9.05 Å². The second-order valence-electron chi connectivity index (χ2n) is 5.73. The topological polar surface area (TPSA) is 64.6 Å². The highest BCUT2D eigenvalue weighted by Gasteiger charge is 2.31. The van der Waals surface area contributed by atoms with Crippen molar-refractivity contribution >= 4 is 19.6 Å². The Hall–Kier alpha value is -2.27. The number of carbonyl (C=O) groups is 1. The summed E-state index contributed by atoms with van der Waals surface area (Å²) in [6.07, 6.45) is 1.47. The molecule has 2 aromatic carbocycles. The van der Waals surface area contributed by atoms with Gasteiger partial charge in [-0.1, -0.05) is 29.8 Å². The fourth-order valence-corrected chi connectivity index (χ4v) is 3.89. The Balaban J connectivity index is 2.41. The molecule has 144 valence electrons. The van der Waals surface area contributed by atoms with Crippen molar-refractivity contribution in [2.75, 3.05) is 13.2 Å². The standard InChI is InChI=1S/C20H23FNO4P/c1-4-25-27(24,26-5-2)19(14-16-8-12-18(21)13-9-16)22-20(23)17-10-6-15(3)7-11-17/h6-14H,4-5H2,1-3H3,(H,22,23)/b19-14+. The van der Waals surface area contributed by atoms with Gasteiger partial charge in [-0.2, -0.15) is 0 Å². The fraction of sp³-hybridized carbons (Fsp3) is 0.250. The summed E-state index contributed by atoms with van der Waals surface area (Å²) in [4.78, 5) is 12.6. The molecule has 0 radical (unpaired) electrons. The van der Waals surface area contributed by atoms with Crippen molar-refractivity contribution in [1.29, 1.82) is 0 Å². The lowest BCUT2D eigenvalue weighted by Crippen LogP contribution is -2.24. The zero-order valence-corrected chi connectivity index (χ0v) is 16.5. The van der Waals surface area contributed by atoms with Gasteiger partial charge in [0.2, 0.25) is 0 Å². The van der Waals surface area contributed by atoms with Gasteiger partial charge in [0.1, 0.15) is 11.3 Å². The zero-order valence-electron chi connectivity index (χ0n) is 15.6. The predicted molar refractivity (Wildman–Crippen MR) is 104 cm³/mol. The van der Waals surface area contributed by atoms with Crippen LogP contribution in [0, 0.1) is 12.7 Å². The van der Waals surface area contributed by atoms with E-state index in [1.807, 2.05) is 19.1 Å². The smallest absolute Gasteiger partial charge is 0.315 e. The minimum absolute atomic E-state index is 0.00313. The molecule has 0 aliphatic carbocycles. The molecular formula is C20H23FNO4P. The van der Waals surface area contributed by atoms with Gasteiger partial charge in [-0.15, -0.1) is 0 Å². The highest BCUT2D eigenvalue weighted by atomic mass is 31.2. The Labute approximate surface area is 158 Å². The van der Waals surface area contributed by atoms with Crippen molar-refractivity contribution in [3.8, 4) is 0 Å². The first-order valence-electron chi connectivity index (χ1n) is 8.63. The SMILES string of the molecule is CCOP(=O)(OCC)/C(=C/c1ccc(F)cc1)NC(=O)c1ccc(C)cc1. The Morgan fingerprint density at radius 2 is 1.59 bits per heavy atom. The van der Waals surface area contributed by atoms with E-state index in [9.17, 15) is 13.8 Å². The Kier molecular flexibility index (Phi) is 7.48. The molecule has 7 heteroatoms. The molecule has 0 aromatic heterocycles. The summed E-state index contributed by atoms with van der Waals surface area (Å²) in [7, 11) is -3.76. The van der Waals surface area contributed by atoms with Crippen molar-refractivity contribution in [1.82, 2.24) is 5.32 Å². The molecule has 2 aromatic rings. The summed E-state index contributed by atoms with van der Waals surface area (Å²) in [5.74, 6) is -0.835. The first kappa shape index (κ1) is 21.0. The van der Waals surface area contributed by atoms with Crippen LogP contribution < -0.4 is 5.32 Å². The lowest BCUT2D eigenvalue weighted by Gasteiger charge is -2.21. The highest BCUT2D eigenvalue weighted by molar-refractivity contribution is 7.58. The molecule has 27 heavy (non-hydrogen) atoms. The highest BCUT2D eigenvalue weighted by Crippen LogP contribution is 2.55. The predicted octanol–water partition coefficient (Wildman–Crippen LogP) is 5.13. The molecule has 5 nitrogen and oxygen atoms in total. The lowest BCUT2D eigenvalue weighted by molar-refractivity contribution is 0.0965. The van der Waals surface area contributed by atoms with Crippen LogP contribution in [0.2, 0.25) is 0 Å². The molecular weight excluding hydrogens is 368 g/mol. The molecule has 0 aliphatic rings. The average Bonchev–Trinajstić information content (AvgIpc) is 2.64. The maximum absolute atomic E-state index is 13.2. The summed E-state index contributed by atoms with van der Waals surface area (Å²) in [6, 6.07) is 12.5. The summed E-state index contributed by atoms with van der Waals surface area (Å²) in [6.45, 7) is 5.56. The third-order valence-electron chi connectivity index (χ3n) is 3.62. The fourth-order valence-electron chi connectivity index (χ4n) is 2.31. The number of rotatable bonds is 8. The van der Waals surface area contributed by atoms with E-state index in [0.717, 1.165) is 5.56 Å². The quantitative estimate of drug-likeness (QED) is 0.634. The first-order valence-corrected chi connectivity index (χ1v) is 10.2. The number of hydrogen-bond donors (Lipinski definition) is 1. The van der Waals surface area contributed by atoms with Crippen LogP contribution in [0.5, 0.6) is 0 Å². The van der Waals surface area contributed by atoms with E-state index in [2.05, 4.69) is 5.32 Å². The average molecular weight is 391 g/mol. The molecule has 0 saturated carbocycles. The van der Waals surface area contributed by atoms with Crippen molar-refractivity contribution in [2.24, 2.45) is 0 Å². The first-order chi connectivity index (χ1) is 12.9. The van der Waals surface area contributed by atoms with Crippen LogP contribution in [0.1, 0.15) is 35.3 Å². The second kappa shape index (κ2) is 9.60. The Morgan fingerprint density at radius 3 is 2.11 bits per heavy atom. The maximum Gasteiger partial charge on any atom is 0.377 e. The number of aryl methyl sites for hydroxylation is 1. The molecule has 0 aliphatic heterocycles. The number of benzene rings is 2. The summed E-state index contributed by atoms with van der Waals surface area (Å²) in [5, 5.41) is 2.64. The number of amides is 1. The third kappa shape index (κ3) is 5.86. The van der Waals surface area contributed by atoms with Crippen LogP contribution >= 0.6 is 7.60 Å². The molecule has 0 heterocycles. The van der Waals surface area contributed by atoms with Gasteiger partial charge in [-0.05, 0) is 56.7 Å². The van der Waals surface area contributed by atoms with Crippen LogP contribution in [0.15, 0.2) is 54.0 Å². The number of halogens is 1. The summed E-state index contributed by atoms with van der Waals surface area (Å²) >= 11 is 0. The van der Waals surface area contributed by atoms with E-state index in [1.165, 1.54) is 30.3 Å². The molecule has 1 N–H and O–H groups in total. The molecule has 1 amide bonds. The summed E-state index contributed by atoms with van der Waals surface area (Å²) in [5.41, 5.74) is 1.98. The lowest BCUT2D eigenvalue weighted by atomic mass is 10.1. The Bertz CT molecular complexity index is 837. The monoisotopic (exact) mass is 391 g/mol. The van der Waals surface area contributed by atoms with Gasteiger partial charge in [0.05, 0.1) is 13.2 Å². The van der Waals surface area contributed by atoms with E-state index in [1.54, 1.807) is 26.0 Å². The zero-order chi connectivity index (χ0) is 19.9. The molecule has 2 rings (SSSR count). The second-order valence-corrected chi connectivity index (χ2v) is 7.73. The van der Waals surface area contributed by atoms with Gasteiger partial charge >= 0.3 is 7.60 Å². The minimum Gasteiger partial charge on any atom is -0.315 e. The van der Waals surface area contributed by atoms with Crippen LogP contribution in [0.3, 0.4) is 0 Å². The van der Waals surface area contributed by atoms with Crippen LogP contribution in [-0.2, 0) is 13.6 Å². The molecule has 0 unspecified atom stereocenters. The van der Waals surface area contributed by atoms with Crippen LogP contribution in [-0.4, -0.2) is 19.1 Å². The van der Waals surface area contributed by atoms with Gasteiger partial charge in [0.15, 0.2) is 0 Å². The van der Waals surface area contributed by atoms with Crippen molar-refractivity contribution in [2.45, 2.75) is 20.8 Å². The largest absolute Gasteiger partial charge is 0.377 e. The molecule has 0 saturated heterocycles. The van der Waals surface area contributed by atoms with Crippen LogP contribution in [0.4, 0.5) is 4.39 Å². The van der Waals surface area contributed by atoms with E-state index in [0.29, 0.717) is 11.1 Å². The molecule has 0 spiro atoms. The minimum atomic E-state index is -3.76. The maximum atomic E-state index is 13.2. The van der Waals surface area contributed by atoms with Gasteiger partial charge in [0.25, 0.3) is 5.91 Å². The number of nitrogens with one attached hydrogen (secondary N) is 1. The molecule has 0 atom stereocenters. The van der Waals surface area contributed by atoms with Gasteiger partial charge in [-0.3, -0.25) is 9.36 Å². The van der Waals surface area contributed by atoms with Gasteiger partial charge in [0, 0.05) is 5.56 Å².